The van der Waals surface area contributed by atoms with E-state index in [0.717, 1.165) is 0 Å². The summed E-state index contributed by atoms with van der Waals surface area (Å²) < 4.78 is 10.1. The first-order valence-corrected chi connectivity index (χ1v) is 4.90. The average molecular weight is 230 g/mol. The molecule has 1 aromatic carbocycles. The van der Waals surface area contributed by atoms with Gasteiger partial charge in [0.2, 0.25) is 0 Å². The van der Waals surface area contributed by atoms with Gasteiger partial charge in [-0.2, -0.15) is 0 Å². The topological polar surface area (TPSA) is 38.7 Å². The predicted molar refractivity (Wildman–Crippen MR) is 58.5 cm³/mol. The molecular weight excluding hydrogens is 216 g/mol. The molecule has 1 radical (unpaired) electrons. The standard InChI is InChI=1S/C11H14ClO3/c1-8(13)11(15-7-14-2)9-5-3-4-6-10(9)12/h3-6,8,11,13H,1,7H2,2H3. The van der Waals surface area contributed by atoms with Gasteiger partial charge in [-0.25, -0.2) is 0 Å². The van der Waals surface area contributed by atoms with Crippen molar-refractivity contribution in [2.24, 2.45) is 0 Å². The van der Waals surface area contributed by atoms with Gasteiger partial charge in [0.25, 0.3) is 0 Å². The maximum absolute atomic E-state index is 9.47. The number of hydrogen-bond donors (Lipinski definition) is 1. The highest BCUT2D eigenvalue weighted by atomic mass is 35.5. The van der Waals surface area contributed by atoms with Crippen molar-refractivity contribution in [1.29, 1.82) is 0 Å². The van der Waals surface area contributed by atoms with Crippen LogP contribution in [0.2, 0.25) is 5.02 Å². The summed E-state index contributed by atoms with van der Waals surface area (Å²) in [6, 6.07) is 7.17. The van der Waals surface area contributed by atoms with E-state index in [9.17, 15) is 5.11 Å². The number of benzene rings is 1. The molecule has 1 aromatic rings. The second-order valence-corrected chi connectivity index (χ2v) is 3.49. The van der Waals surface area contributed by atoms with Crippen molar-refractivity contribution >= 4 is 11.6 Å². The third-order valence-corrected chi connectivity index (χ3v) is 2.27. The lowest BCUT2D eigenvalue weighted by atomic mass is 10.1. The first kappa shape index (κ1) is 12.5. The molecule has 0 aliphatic carbocycles. The van der Waals surface area contributed by atoms with Crippen LogP contribution in [0.5, 0.6) is 0 Å². The summed E-state index contributed by atoms with van der Waals surface area (Å²) in [6.45, 7) is 3.61. The molecule has 0 fully saturated rings. The highest BCUT2D eigenvalue weighted by molar-refractivity contribution is 6.31. The fourth-order valence-electron chi connectivity index (χ4n) is 1.26. The van der Waals surface area contributed by atoms with Crippen LogP contribution in [-0.4, -0.2) is 25.1 Å². The maximum atomic E-state index is 9.47. The Kier molecular flexibility index (Phi) is 5.05. The lowest BCUT2D eigenvalue weighted by Gasteiger charge is -2.21. The number of methoxy groups -OCH3 is 1. The van der Waals surface area contributed by atoms with Gasteiger partial charge in [-0.3, -0.25) is 0 Å². The minimum atomic E-state index is -0.889. The molecule has 3 nitrogen and oxygen atoms in total. The summed E-state index contributed by atoms with van der Waals surface area (Å²) in [5.41, 5.74) is 0.707. The maximum Gasteiger partial charge on any atom is 0.147 e. The number of ether oxygens (including phenoxy) is 2. The third kappa shape index (κ3) is 3.47. The lowest BCUT2D eigenvalue weighted by Crippen LogP contribution is -2.19. The van der Waals surface area contributed by atoms with Crippen molar-refractivity contribution in [3.05, 3.63) is 41.8 Å². The second-order valence-electron chi connectivity index (χ2n) is 3.08. The van der Waals surface area contributed by atoms with Gasteiger partial charge in [0.1, 0.15) is 12.9 Å². The van der Waals surface area contributed by atoms with E-state index in [4.69, 9.17) is 21.1 Å². The molecule has 2 atom stereocenters. The molecule has 0 heterocycles. The van der Waals surface area contributed by atoms with Crippen LogP contribution in [0.3, 0.4) is 0 Å². The van der Waals surface area contributed by atoms with Crippen molar-refractivity contribution in [2.75, 3.05) is 13.9 Å². The summed E-state index contributed by atoms with van der Waals surface area (Å²) in [7, 11) is 1.51. The molecule has 2 unspecified atom stereocenters. The van der Waals surface area contributed by atoms with E-state index in [1.807, 2.05) is 12.1 Å². The van der Waals surface area contributed by atoms with Crippen LogP contribution in [0.15, 0.2) is 24.3 Å². The summed E-state index contributed by atoms with van der Waals surface area (Å²) >= 11 is 5.98. The number of aliphatic hydroxyl groups is 1. The summed E-state index contributed by atoms with van der Waals surface area (Å²) in [5, 5.41) is 10.0. The number of hydrogen-bond acceptors (Lipinski definition) is 3. The molecule has 4 heteroatoms. The first-order valence-electron chi connectivity index (χ1n) is 4.53. The van der Waals surface area contributed by atoms with Gasteiger partial charge in [-0.15, -0.1) is 0 Å². The molecule has 0 aliphatic heterocycles. The van der Waals surface area contributed by atoms with Crippen LogP contribution >= 0.6 is 11.6 Å². The van der Waals surface area contributed by atoms with E-state index in [1.165, 1.54) is 7.11 Å². The number of rotatable bonds is 5. The van der Waals surface area contributed by atoms with Crippen LogP contribution in [0, 0.1) is 6.92 Å². The SMILES string of the molecule is [CH2]C(O)C(OCOC)c1ccccc1Cl. The van der Waals surface area contributed by atoms with Crippen molar-refractivity contribution < 1.29 is 14.6 Å². The van der Waals surface area contributed by atoms with E-state index in [1.54, 1.807) is 12.1 Å². The van der Waals surface area contributed by atoms with E-state index < -0.39 is 12.2 Å². The van der Waals surface area contributed by atoms with E-state index in [0.29, 0.717) is 10.6 Å². The monoisotopic (exact) mass is 229 g/mol. The molecule has 0 saturated heterocycles. The molecule has 0 aromatic heterocycles. The van der Waals surface area contributed by atoms with Crippen LogP contribution < -0.4 is 0 Å². The highest BCUT2D eigenvalue weighted by Gasteiger charge is 2.20. The average Bonchev–Trinajstić information content (AvgIpc) is 2.20. The number of halogens is 1. The minimum absolute atomic E-state index is 0.0858. The Bertz CT molecular complexity index is 302. The van der Waals surface area contributed by atoms with Gasteiger partial charge < -0.3 is 14.6 Å². The van der Waals surface area contributed by atoms with Gasteiger partial charge in [0.15, 0.2) is 0 Å². The van der Waals surface area contributed by atoms with Crippen molar-refractivity contribution in [3.63, 3.8) is 0 Å². The molecule has 0 bridgehead atoms. The van der Waals surface area contributed by atoms with Gasteiger partial charge in [-0.05, 0) is 13.0 Å². The molecule has 1 rings (SSSR count). The Balaban J connectivity index is 2.84. The highest BCUT2D eigenvalue weighted by Crippen LogP contribution is 2.27. The largest absolute Gasteiger partial charge is 0.390 e. The Hall–Kier alpha value is -0.610. The first-order chi connectivity index (χ1) is 7.16. The Morgan fingerprint density at radius 1 is 1.47 bits per heavy atom. The van der Waals surface area contributed by atoms with Crippen LogP contribution in [0.4, 0.5) is 0 Å². The fraction of sp³-hybridized carbons (Fsp3) is 0.364. The molecule has 83 valence electrons. The van der Waals surface area contributed by atoms with Gasteiger partial charge in [0.05, 0.1) is 6.10 Å². The molecule has 0 spiro atoms. The quantitative estimate of drug-likeness (QED) is 0.787. The smallest absolute Gasteiger partial charge is 0.147 e. The zero-order chi connectivity index (χ0) is 11.3. The van der Waals surface area contributed by atoms with Crippen molar-refractivity contribution in [1.82, 2.24) is 0 Å². The molecule has 0 amide bonds. The summed E-state index contributed by atoms with van der Waals surface area (Å²) in [6.07, 6.45) is -1.46. The second kappa shape index (κ2) is 6.08. The lowest BCUT2D eigenvalue weighted by molar-refractivity contribution is -0.105. The normalized spacial score (nSPS) is 14.9. The third-order valence-electron chi connectivity index (χ3n) is 1.93. The summed E-state index contributed by atoms with van der Waals surface area (Å²) in [4.78, 5) is 0. The van der Waals surface area contributed by atoms with Gasteiger partial charge >= 0.3 is 0 Å². The minimum Gasteiger partial charge on any atom is -0.390 e. The molecule has 0 saturated carbocycles. The van der Waals surface area contributed by atoms with Crippen molar-refractivity contribution in [3.8, 4) is 0 Å². The van der Waals surface area contributed by atoms with Crippen LogP contribution in [-0.2, 0) is 9.47 Å². The molecule has 15 heavy (non-hydrogen) atoms. The Labute approximate surface area is 94.6 Å². The zero-order valence-corrected chi connectivity index (χ0v) is 9.28. The Morgan fingerprint density at radius 2 is 2.13 bits per heavy atom. The fourth-order valence-corrected chi connectivity index (χ4v) is 1.50. The number of aliphatic hydroxyl groups excluding tert-OH is 1. The predicted octanol–water partition coefficient (Wildman–Crippen LogP) is 2.20. The zero-order valence-electron chi connectivity index (χ0n) is 8.52. The van der Waals surface area contributed by atoms with Crippen molar-refractivity contribution in [2.45, 2.75) is 12.2 Å². The van der Waals surface area contributed by atoms with Gasteiger partial charge in [0, 0.05) is 17.7 Å². The van der Waals surface area contributed by atoms with E-state index in [-0.39, 0.29) is 6.79 Å². The van der Waals surface area contributed by atoms with Crippen LogP contribution in [0.25, 0.3) is 0 Å². The molecule has 0 aliphatic rings. The molecule has 1 N–H and O–H groups in total. The van der Waals surface area contributed by atoms with E-state index >= 15 is 0 Å². The van der Waals surface area contributed by atoms with Crippen LogP contribution in [0.1, 0.15) is 11.7 Å². The molecular formula is C11H14ClO3. The van der Waals surface area contributed by atoms with Gasteiger partial charge in [-0.1, -0.05) is 29.8 Å². The van der Waals surface area contributed by atoms with E-state index in [2.05, 4.69) is 6.92 Å². The Morgan fingerprint density at radius 3 is 2.67 bits per heavy atom. The summed E-state index contributed by atoms with van der Waals surface area (Å²) in [5.74, 6) is 0.